The van der Waals surface area contributed by atoms with Gasteiger partial charge in [-0.15, -0.1) is 0 Å². The molecule has 134 valence electrons. The Bertz CT molecular complexity index is 854. The van der Waals surface area contributed by atoms with E-state index < -0.39 is 0 Å². The van der Waals surface area contributed by atoms with Crippen LogP contribution < -0.4 is 0 Å². The molecule has 0 aliphatic rings. The van der Waals surface area contributed by atoms with E-state index in [1.807, 2.05) is 12.1 Å². The van der Waals surface area contributed by atoms with E-state index in [4.69, 9.17) is 0 Å². The largest absolute Gasteiger partial charge is 0.295 e. The maximum atomic E-state index is 12.0. The van der Waals surface area contributed by atoms with Crippen LogP contribution in [0.15, 0.2) is 36.4 Å². The van der Waals surface area contributed by atoms with Crippen molar-refractivity contribution in [2.75, 3.05) is 0 Å². The highest BCUT2D eigenvalue weighted by molar-refractivity contribution is 6.14. The summed E-state index contributed by atoms with van der Waals surface area (Å²) in [6.07, 6.45) is 1.32. The summed E-state index contributed by atoms with van der Waals surface area (Å²) in [6.45, 7) is 5.69. The van der Waals surface area contributed by atoms with E-state index in [9.17, 15) is 19.2 Å². The van der Waals surface area contributed by atoms with Crippen LogP contribution in [0.4, 0.5) is 0 Å². The van der Waals surface area contributed by atoms with Gasteiger partial charge < -0.3 is 0 Å². The van der Waals surface area contributed by atoms with Crippen LogP contribution in [-0.4, -0.2) is 23.1 Å². The minimum Gasteiger partial charge on any atom is -0.295 e. The molecule has 0 spiro atoms. The van der Waals surface area contributed by atoms with Crippen LogP contribution in [0.25, 0.3) is 0 Å². The van der Waals surface area contributed by atoms with E-state index in [1.54, 1.807) is 24.3 Å². The molecule has 0 amide bonds. The van der Waals surface area contributed by atoms with Gasteiger partial charge in [0.15, 0.2) is 23.1 Å². The van der Waals surface area contributed by atoms with Crippen LogP contribution >= 0.6 is 0 Å². The van der Waals surface area contributed by atoms with Gasteiger partial charge in [0, 0.05) is 22.3 Å². The molecule has 0 aliphatic carbocycles. The third-order valence-electron chi connectivity index (χ3n) is 4.37. The quantitative estimate of drug-likeness (QED) is 0.699. The van der Waals surface area contributed by atoms with Crippen LogP contribution in [0.3, 0.4) is 0 Å². The molecular formula is C22H22O4. The summed E-state index contributed by atoms with van der Waals surface area (Å²) >= 11 is 0. The predicted octanol–water partition coefficient (Wildman–Crippen LogP) is 4.28. The number of Topliss-reactive ketones (excluding diaryl/α,β-unsaturated/α-hetero) is 4. The van der Waals surface area contributed by atoms with Crippen molar-refractivity contribution in [3.63, 3.8) is 0 Å². The first-order valence-electron chi connectivity index (χ1n) is 8.50. The minimum atomic E-state index is -0.285. The van der Waals surface area contributed by atoms with Gasteiger partial charge in [-0.05, 0) is 63.8 Å². The molecule has 0 unspecified atom stereocenters. The van der Waals surface area contributed by atoms with E-state index in [-0.39, 0.29) is 28.7 Å². The second kappa shape index (κ2) is 8.00. The molecule has 4 nitrogen and oxygen atoms in total. The molecule has 0 fully saturated rings. The molecule has 2 aromatic carbocycles. The maximum absolute atomic E-state index is 12.0. The van der Waals surface area contributed by atoms with Gasteiger partial charge in [-0.25, -0.2) is 0 Å². The van der Waals surface area contributed by atoms with Gasteiger partial charge >= 0.3 is 0 Å². The van der Waals surface area contributed by atoms with Crippen LogP contribution in [-0.2, 0) is 12.8 Å². The standard InChI is InChI=1S/C22H22O4/c1-13(23)19-9-7-17(8-10-19)5-6-18-11-20(14(2)24)22(16(4)26)21(12-18)15(3)25/h7-12H,5-6H2,1-4H3. The maximum Gasteiger partial charge on any atom is 0.161 e. The fraction of sp³-hybridized carbons (Fsp3) is 0.273. The van der Waals surface area contributed by atoms with Crippen molar-refractivity contribution in [2.24, 2.45) is 0 Å². The lowest BCUT2D eigenvalue weighted by Crippen LogP contribution is -2.12. The zero-order chi connectivity index (χ0) is 19.4. The number of hydrogen-bond donors (Lipinski definition) is 0. The molecule has 2 rings (SSSR count). The molecule has 0 saturated heterocycles. The van der Waals surface area contributed by atoms with Gasteiger partial charge in [0.1, 0.15) is 0 Å². The fourth-order valence-corrected chi connectivity index (χ4v) is 2.98. The van der Waals surface area contributed by atoms with E-state index >= 15 is 0 Å². The van der Waals surface area contributed by atoms with Gasteiger partial charge in [-0.3, -0.25) is 19.2 Å². The van der Waals surface area contributed by atoms with E-state index in [1.165, 1.54) is 27.7 Å². The summed E-state index contributed by atoms with van der Waals surface area (Å²) in [5, 5.41) is 0. The molecule has 0 bridgehead atoms. The average Bonchev–Trinajstić information content (AvgIpc) is 2.59. The van der Waals surface area contributed by atoms with E-state index in [0.717, 1.165) is 11.1 Å². The molecule has 0 heterocycles. The SMILES string of the molecule is CC(=O)c1ccc(CCc2cc(C(C)=O)c(C(C)=O)c(C(C)=O)c2)cc1. The average molecular weight is 350 g/mol. The number of carbonyl (C=O) groups is 4. The van der Waals surface area contributed by atoms with Crippen LogP contribution in [0.1, 0.15) is 80.3 Å². The first-order chi connectivity index (χ1) is 12.2. The van der Waals surface area contributed by atoms with Crippen molar-refractivity contribution in [2.45, 2.75) is 40.5 Å². The Balaban J connectivity index is 2.34. The third-order valence-corrected chi connectivity index (χ3v) is 4.37. The van der Waals surface area contributed by atoms with Crippen LogP contribution in [0.5, 0.6) is 0 Å². The molecule has 0 saturated carbocycles. The summed E-state index contributed by atoms with van der Waals surface area (Å²) in [5.74, 6) is -0.726. The Morgan fingerprint density at radius 1 is 0.615 bits per heavy atom. The number of rotatable bonds is 7. The molecule has 0 N–H and O–H groups in total. The van der Waals surface area contributed by atoms with Crippen molar-refractivity contribution in [3.8, 4) is 0 Å². The monoisotopic (exact) mass is 350 g/mol. The van der Waals surface area contributed by atoms with Crippen molar-refractivity contribution in [3.05, 3.63) is 69.8 Å². The lowest BCUT2D eigenvalue weighted by molar-refractivity contribution is 0.0967. The molecule has 0 aliphatic heterocycles. The Labute approximate surface area is 153 Å². The van der Waals surface area contributed by atoms with Gasteiger partial charge in [-0.2, -0.15) is 0 Å². The number of benzene rings is 2. The number of hydrogen-bond acceptors (Lipinski definition) is 4. The highest BCUT2D eigenvalue weighted by Gasteiger charge is 2.20. The Morgan fingerprint density at radius 2 is 1.08 bits per heavy atom. The Hall–Kier alpha value is -2.88. The summed E-state index contributed by atoms with van der Waals surface area (Å²) < 4.78 is 0. The second-order valence-corrected chi connectivity index (χ2v) is 6.49. The minimum absolute atomic E-state index is 0.0218. The highest BCUT2D eigenvalue weighted by atomic mass is 16.1. The van der Waals surface area contributed by atoms with Gasteiger partial charge in [0.2, 0.25) is 0 Å². The summed E-state index contributed by atoms with van der Waals surface area (Å²) in [5.41, 5.74) is 3.36. The number of carbonyl (C=O) groups excluding carboxylic acids is 4. The summed E-state index contributed by atoms with van der Waals surface area (Å²) in [4.78, 5) is 47.2. The lowest BCUT2D eigenvalue weighted by Gasteiger charge is -2.12. The molecular weight excluding hydrogens is 328 g/mol. The topological polar surface area (TPSA) is 68.3 Å². The third kappa shape index (κ3) is 4.39. The van der Waals surface area contributed by atoms with Crippen molar-refractivity contribution in [1.82, 2.24) is 0 Å². The van der Waals surface area contributed by atoms with Crippen molar-refractivity contribution in [1.29, 1.82) is 0 Å². The van der Waals surface area contributed by atoms with Crippen LogP contribution in [0.2, 0.25) is 0 Å². The molecule has 0 atom stereocenters. The summed E-state index contributed by atoms with van der Waals surface area (Å²) in [6, 6.07) is 10.8. The van der Waals surface area contributed by atoms with Gasteiger partial charge in [0.05, 0.1) is 0 Å². The first-order valence-corrected chi connectivity index (χ1v) is 8.50. The molecule has 0 aromatic heterocycles. The van der Waals surface area contributed by atoms with E-state index in [2.05, 4.69) is 0 Å². The highest BCUT2D eigenvalue weighted by Crippen LogP contribution is 2.22. The fourth-order valence-electron chi connectivity index (χ4n) is 2.98. The molecule has 4 heteroatoms. The zero-order valence-electron chi connectivity index (χ0n) is 15.5. The number of aryl methyl sites for hydroxylation is 2. The van der Waals surface area contributed by atoms with Crippen LogP contribution in [0, 0.1) is 0 Å². The second-order valence-electron chi connectivity index (χ2n) is 6.49. The van der Waals surface area contributed by atoms with Crippen molar-refractivity contribution >= 4 is 23.1 Å². The smallest absolute Gasteiger partial charge is 0.161 e. The van der Waals surface area contributed by atoms with Crippen molar-refractivity contribution < 1.29 is 19.2 Å². The predicted molar refractivity (Wildman–Crippen MR) is 100 cm³/mol. The van der Waals surface area contributed by atoms with E-state index in [0.29, 0.717) is 29.5 Å². The van der Waals surface area contributed by atoms with Gasteiger partial charge in [-0.1, -0.05) is 24.3 Å². The lowest BCUT2D eigenvalue weighted by atomic mass is 9.89. The summed E-state index contributed by atoms with van der Waals surface area (Å²) in [7, 11) is 0. The Morgan fingerprint density at radius 3 is 1.46 bits per heavy atom. The molecule has 2 aromatic rings. The number of ketones is 4. The molecule has 26 heavy (non-hydrogen) atoms. The Kier molecular flexibility index (Phi) is 5.98. The first kappa shape index (κ1) is 19.4. The normalized spacial score (nSPS) is 10.5. The van der Waals surface area contributed by atoms with Gasteiger partial charge in [0.25, 0.3) is 0 Å². The zero-order valence-corrected chi connectivity index (χ0v) is 15.5. The molecule has 0 radical (unpaired) electrons.